The van der Waals surface area contributed by atoms with Crippen LogP contribution in [0.15, 0.2) is 0 Å². The third-order valence-corrected chi connectivity index (χ3v) is 4.29. The van der Waals surface area contributed by atoms with Crippen molar-refractivity contribution in [1.82, 2.24) is 0 Å². The van der Waals surface area contributed by atoms with Gasteiger partial charge in [0, 0.05) is 0 Å². The second-order valence-corrected chi connectivity index (χ2v) is 6.00. The number of rotatable bonds is 2. The maximum atomic E-state index is 11.8. The minimum Gasteiger partial charge on any atom is -0.459 e. The summed E-state index contributed by atoms with van der Waals surface area (Å²) < 4.78 is 11.3. The molecule has 0 amide bonds. The third-order valence-electron chi connectivity index (χ3n) is 4.18. The van der Waals surface area contributed by atoms with E-state index in [1.165, 1.54) is 6.42 Å². The Morgan fingerprint density at radius 2 is 2.19 bits per heavy atom. The molecule has 4 heteroatoms. The molecule has 4 aliphatic rings. The molecule has 0 spiro atoms. The summed E-state index contributed by atoms with van der Waals surface area (Å²) in [6.45, 7) is 1.82. The van der Waals surface area contributed by atoms with Crippen molar-refractivity contribution >= 4 is 17.6 Å². The third kappa shape index (κ3) is 1.74. The van der Waals surface area contributed by atoms with Crippen LogP contribution in [0, 0.1) is 17.8 Å². The summed E-state index contributed by atoms with van der Waals surface area (Å²) >= 11 is 5.90. The number of ether oxygens (including phenoxy) is 2. The number of carbonyl (C=O) groups is 1. The van der Waals surface area contributed by atoms with Gasteiger partial charge in [-0.25, -0.2) is 0 Å². The fourth-order valence-electron chi connectivity index (χ4n) is 3.68. The Labute approximate surface area is 100 Å². The zero-order chi connectivity index (χ0) is 11.3. The molecule has 90 valence electrons. The van der Waals surface area contributed by atoms with Gasteiger partial charge in [0.1, 0.15) is 11.7 Å². The highest BCUT2D eigenvalue weighted by molar-refractivity contribution is 6.19. The van der Waals surface area contributed by atoms with Gasteiger partial charge in [0.2, 0.25) is 0 Å². The van der Waals surface area contributed by atoms with Crippen molar-refractivity contribution in [1.29, 1.82) is 0 Å². The standard InChI is InChI=1S/C12H17ClO3/c1-6(13)15-11-8-2-7-3-9(5-8)12(14)16-10(11)4-7/h6-11H,2-5H2,1H3. The maximum Gasteiger partial charge on any atom is 0.309 e. The molecule has 16 heavy (non-hydrogen) atoms. The minimum atomic E-state index is -0.304. The lowest BCUT2D eigenvalue weighted by Gasteiger charge is -2.42. The minimum absolute atomic E-state index is 0.00877. The Bertz CT molecular complexity index is 305. The van der Waals surface area contributed by atoms with E-state index in [2.05, 4.69) is 0 Å². The predicted molar refractivity (Wildman–Crippen MR) is 59.0 cm³/mol. The molecule has 6 unspecified atom stereocenters. The Hall–Kier alpha value is -0.280. The summed E-state index contributed by atoms with van der Waals surface area (Å²) in [6, 6.07) is 0. The van der Waals surface area contributed by atoms with Crippen LogP contribution in [-0.2, 0) is 14.3 Å². The summed E-state index contributed by atoms with van der Waals surface area (Å²) in [5, 5.41) is 0. The van der Waals surface area contributed by atoms with E-state index in [1.807, 2.05) is 6.92 Å². The first-order valence-electron chi connectivity index (χ1n) is 6.13. The molecule has 0 aromatic carbocycles. The number of esters is 1. The molecule has 4 rings (SSSR count). The molecule has 0 N–H and O–H groups in total. The lowest BCUT2D eigenvalue weighted by Crippen LogP contribution is -2.45. The van der Waals surface area contributed by atoms with E-state index in [0.29, 0.717) is 11.8 Å². The molecular formula is C12H17ClO3. The smallest absolute Gasteiger partial charge is 0.309 e. The van der Waals surface area contributed by atoms with Crippen LogP contribution in [0.25, 0.3) is 0 Å². The van der Waals surface area contributed by atoms with E-state index in [-0.39, 0.29) is 29.7 Å². The molecule has 6 atom stereocenters. The van der Waals surface area contributed by atoms with Gasteiger partial charge in [0.25, 0.3) is 0 Å². The van der Waals surface area contributed by atoms with Crippen molar-refractivity contribution < 1.29 is 14.3 Å². The molecular weight excluding hydrogens is 228 g/mol. The SMILES string of the molecule is CC(Cl)OC1C2CC3CC(C2)C(=O)OC1C3. The largest absolute Gasteiger partial charge is 0.459 e. The zero-order valence-corrected chi connectivity index (χ0v) is 10.2. The molecule has 0 aromatic heterocycles. The van der Waals surface area contributed by atoms with Crippen LogP contribution >= 0.6 is 11.6 Å². The number of alkyl halides is 1. The molecule has 4 fully saturated rings. The van der Waals surface area contributed by atoms with E-state index < -0.39 is 0 Å². The fraction of sp³-hybridized carbons (Fsp3) is 0.917. The van der Waals surface area contributed by atoms with Crippen molar-refractivity contribution in [2.24, 2.45) is 17.8 Å². The first kappa shape index (κ1) is 10.8. The highest BCUT2D eigenvalue weighted by Crippen LogP contribution is 2.48. The van der Waals surface area contributed by atoms with Crippen molar-refractivity contribution in [3.8, 4) is 0 Å². The van der Waals surface area contributed by atoms with Crippen molar-refractivity contribution in [3.63, 3.8) is 0 Å². The normalized spacial score (nSPS) is 47.6. The molecule has 2 heterocycles. The fourth-order valence-corrected chi connectivity index (χ4v) is 3.80. The van der Waals surface area contributed by atoms with Gasteiger partial charge in [-0.3, -0.25) is 4.79 Å². The monoisotopic (exact) mass is 244 g/mol. The lowest BCUT2D eigenvalue weighted by molar-refractivity contribution is -0.160. The van der Waals surface area contributed by atoms with E-state index in [9.17, 15) is 4.79 Å². The Morgan fingerprint density at radius 3 is 2.94 bits per heavy atom. The Morgan fingerprint density at radius 1 is 1.38 bits per heavy atom. The molecule has 2 saturated carbocycles. The van der Waals surface area contributed by atoms with Crippen LogP contribution in [0.3, 0.4) is 0 Å². The second-order valence-electron chi connectivity index (χ2n) is 5.38. The summed E-state index contributed by atoms with van der Waals surface area (Å²) in [5.74, 6) is 1.24. The number of carbonyl (C=O) groups excluding carboxylic acids is 1. The van der Waals surface area contributed by atoms with Gasteiger partial charge in [0.15, 0.2) is 0 Å². The van der Waals surface area contributed by atoms with Gasteiger partial charge in [-0.15, -0.1) is 0 Å². The van der Waals surface area contributed by atoms with E-state index in [4.69, 9.17) is 21.1 Å². The van der Waals surface area contributed by atoms with Gasteiger partial charge >= 0.3 is 5.97 Å². The van der Waals surface area contributed by atoms with Crippen LogP contribution in [0.2, 0.25) is 0 Å². The van der Waals surface area contributed by atoms with Crippen molar-refractivity contribution in [2.45, 2.75) is 50.4 Å². The van der Waals surface area contributed by atoms with E-state index >= 15 is 0 Å². The van der Waals surface area contributed by atoms with Crippen LogP contribution in [0.1, 0.15) is 32.6 Å². The Kier molecular flexibility index (Phi) is 2.63. The molecule has 2 saturated heterocycles. The van der Waals surface area contributed by atoms with E-state index in [0.717, 1.165) is 19.3 Å². The molecule has 0 aromatic rings. The summed E-state index contributed by atoms with van der Waals surface area (Å²) in [4.78, 5) is 11.8. The number of fused-ring (bicyclic) bond motifs is 1. The van der Waals surface area contributed by atoms with Gasteiger partial charge in [-0.2, -0.15) is 0 Å². The summed E-state index contributed by atoms with van der Waals surface area (Å²) in [5.41, 5.74) is -0.304. The highest BCUT2D eigenvalue weighted by Gasteiger charge is 2.50. The summed E-state index contributed by atoms with van der Waals surface area (Å²) in [6.07, 6.45) is 4.07. The molecule has 3 nitrogen and oxygen atoms in total. The van der Waals surface area contributed by atoms with Crippen molar-refractivity contribution in [3.05, 3.63) is 0 Å². The highest BCUT2D eigenvalue weighted by atomic mass is 35.5. The molecule has 2 aliphatic heterocycles. The number of halogens is 1. The average molecular weight is 245 g/mol. The van der Waals surface area contributed by atoms with E-state index in [1.54, 1.807) is 0 Å². The topological polar surface area (TPSA) is 35.5 Å². The lowest BCUT2D eigenvalue weighted by atomic mass is 9.67. The Balaban J connectivity index is 1.84. The first-order chi connectivity index (χ1) is 7.63. The maximum absolute atomic E-state index is 11.8. The first-order valence-corrected chi connectivity index (χ1v) is 6.57. The molecule has 0 radical (unpaired) electrons. The second kappa shape index (κ2) is 3.88. The zero-order valence-electron chi connectivity index (χ0n) is 9.40. The van der Waals surface area contributed by atoms with Gasteiger partial charge in [-0.1, -0.05) is 11.6 Å². The van der Waals surface area contributed by atoms with Crippen LogP contribution in [-0.4, -0.2) is 23.7 Å². The van der Waals surface area contributed by atoms with Gasteiger partial charge in [-0.05, 0) is 44.4 Å². The molecule has 2 aliphatic carbocycles. The number of hydrogen-bond acceptors (Lipinski definition) is 3. The summed E-state index contributed by atoms with van der Waals surface area (Å²) in [7, 11) is 0. The average Bonchev–Trinajstić information content (AvgIpc) is 2.36. The van der Waals surface area contributed by atoms with Gasteiger partial charge in [0.05, 0.1) is 12.0 Å². The van der Waals surface area contributed by atoms with Gasteiger partial charge < -0.3 is 9.47 Å². The van der Waals surface area contributed by atoms with Crippen LogP contribution in [0.4, 0.5) is 0 Å². The van der Waals surface area contributed by atoms with Crippen molar-refractivity contribution in [2.75, 3.05) is 0 Å². The van der Waals surface area contributed by atoms with Crippen LogP contribution in [0.5, 0.6) is 0 Å². The predicted octanol–water partition coefficient (Wildman–Crippen LogP) is 2.32. The number of hydrogen-bond donors (Lipinski definition) is 0. The molecule has 4 bridgehead atoms. The quantitative estimate of drug-likeness (QED) is 0.552. The van der Waals surface area contributed by atoms with Crippen LogP contribution < -0.4 is 0 Å².